The van der Waals surface area contributed by atoms with Crippen molar-refractivity contribution in [1.29, 1.82) is 0 Å². The zero-order valence-corrected chi connectivity index (χ0v) is 6.85. The molecule has 0 unspecified atom stereocenters. The van der Waals surface area contributed by atoms with Gasteiger partial charge in [-0.1, -0.05) is 0 Å². The van der Waals surface area contributed by atoms with E-state index in [1.54, 1.807) is 0 Å². The van der Waals surface area contributed by atoms with E-state index >= 15 is 0 Å². The number of nitrogens with zero attached hydrogens (tertiary/aromatic N) is 2. The molecule has 0 aliphatic rings. The molecule has 1 rings (SSSR count). The first-order valence-electron chi connectivity index (χ1n) is 3.47. The van der Waals surface area contributed by atoms with Gasteiger partial charge in [0.1, 0.15) is 0 Å². The molecule has 0 saturated carbocycles. The Bertz CT molecular complexity index is 333. The Balaban J connectivity index is 2.93. The Morgan fingerprint density at radius 1 is 1.62 bits per heavy atom. The Morgan fingerprint density at radius 3 is 2.69 bits per heavy atom. The maximum absolute atomic E-state index is 11.0. The van der Waals surface area contributed by atoms with Crippen LogP contribution in [0.15, 0.2) is 18.3 Å². The summed E-state index contributed by atoms with van der Waals surface area (Å²) in [5.74, 6) is -0.588. The molecule has 1 N–H and O–H groups in total. The van der Waals surface area contributed by atoms with Gasteiger partial charge in [-0.15, -0.1) is 0 Å². The number of rotatable bonds is 2. The standard InChI is InChI=1S/C7H7N3O3/c1-8-7(11)5-2-3-6(9-4-5)10(12)13/h2-4H,1H3,(H,8,11). The minimum atomic E-state index is -0.617. The van der Waals surface area contributed by atoms with Gasteiger partial charge in [-0.3, -0.25) is 4.79 Å². The highest BCUT2D eigenvalue weighted by Crippen LogP contribution is 2.06. The number of carbonyl (C=O) groups is 1. The third kappa shape index (κ3) is 1.98. The van der Waals surface area contributed by atoms with Gasteiger partial charge in [0.2, 0.25) is 0 Å². The van der Waals surface area contributed by atoms with Crippen molar-refractivity contribution >= 4 is 11.7 Å². The number of carbonyl (C=O) groups excluding carboxylic acids is 1. The van der Waals surface area contributed by atoms with E-state index in [1.807, 2.05) is 0 Å². The smallest absolute Gasteiger partial charge is 0.358 e. The van der Waals surface area contributed by atoms with Crippen LogP contribution in [0.1, 0.15) is 10.4 Å². The highest BCUT2D eigenvalue weighted by molar-refractivity contribution is 5.93. The molecule has 1 heterocycles. The molecule has 13 heavy (non-hydrogen) atoms. The predicted octanol–water partition coefficient (Wildman–Crippen LogP) is 0.349. The molecule has 6 heteroatoms. The molecule has 1 aromatic rings. The number of amides is 1. The first-order valence-corrected chi connectivity index (χ1v) is 3.47. The largest absolute Gasteiger partial charge is 0.363 e. The van der Waals surface area contributed by atoms with E-state index in [1.165, 1.54) is 19.2 Å². The van der Waals surface area contributed by atoms with Gasteiger partial charge in [-0.25, -0.2) is 0 Å². The van der Waals surface area contributed by atoms with Crippen LogP contribution in [-0.4, -0.2) is 22.9 Å². The quantitative estimate of drug-likeness (QED) is 0.526. The van der Waals surface area contributed by atoms with Crippen molar-refractivity contribution in [3.63, 3.8) is 0 Å². The Morgan fingerprint density at radius 2 is 2.31 bits per heavy atom. The van der Waals surface area contributed by atoms with E-state index in [0.29, 0.717) is 5.56 Å². The molecule has 0 fully saturated rings. The lowest BCUT2D eigenvalue weighted by Gasteiger charge is -1.95. The second-order valence-electron chi connectivity index (χ2n) is 2.24. The summed E-state index contributed by atoms with van der Waals surface area (Å²) in [7, 11) is 1.48. The molecule has 0 aromatic carbocycles. The van der Waals surface area contributed by atoms with Crippen LogP contribution in [0, 0.1) is 10.1 Å². The Kier molecular flexibility index (Phi) is 2.53. The molecular weight excluding hydrogens is 174 g/mol. The number of pyridine rings is 1. The predicted molar refractivity (Wildman–Crippen MR) is 44.3 cm³/mol. The van der Waals surface area contributed by atoms with Crippen molar-refractivity contribution in [3.8, 4) is 0 Å². The summed E-state index contributed by atoms with van der Waals surface area (Å²) < 4.78 is 0. The van der Waals surface area contributed by atoms with E-state index in [4.69, 9.17) is 0 Å². The molecular formula is C7H7N3O3. The van der Waals surface area contributed by atoms with Crippen LogP contribution < -0.4 is 5.32 Å². The van der Waals surface area contributed by atoms with E-state index in [9.17, 15) is 14.9 Å². The van der Waals surface area contributed by atoms with Crippen molar-refractivity contribution in [2.75, 3.05) is 7.05 Å². The van der Waals surface area contributed by atoms with Crippen molar-refractivity contribution in [3.05, 3.63) is 34.0 Å². The van der Waals surface area contributed by atoms with E-state index in [-0.39, 0.29) is 11.7 Å². The summed E-state index contributed by atoms with van der Waals surface area (Å²) in [4.78, 5) is 24.0. The van der Waals surface area contributed by atoms with Gasteiger partial charge < -0.3 is 15.4 Å². The number of hydrogen-bond acceptors (Lipinski definition) is 4. The van der Waals surface area contributed by atoms with Crippen molar-refractivity contribution in [2.45, 2.75) is 0 Å². The molecule has 0 saturated heterocycles. The maximum atomic E-state index is 11.0. The summed E-state index contributed by atoms with van der Waals surface area (Å²) in [6, 6.07) is 2.54. The number of nitro groups is 1. The van der Waals surface area contributed by atoms with Crippen molar-refractivity contribution in [1.82, 2.24) is 10.3 Å². The molecule has 0 atom stereocenters. The van der Waals surface area contributed by atoms with Gasteiger partial charge in [-0.2, -0.15) is 0 Å². The van der Waals surface area contributed by atoms with Gasteiger partial charge in [-0.05, 0) is 16.0 Å². The minimum Gasteiger partial charge on any atom is -0.358 e. The lowest BCUT2D eigenvalue weighted by Crippen LogP contribution is -2.17. The molecule has 0 spiro atoms. The third-order valence-corrected chi connectivity index (χ3v) is 1.42. The summed E-state index contributed by atoms with van der Waals surface area (Å²) in [5.41, 5.74) is 0.299. The Labute approximate surface area is 73.7 Å². The Hall–Kier alpha value is -1.98. The van der Waals surface area contributed by atoms with Gasteiger partial charge in [0.05, 0.1) is 5.56 Å². The second-order valence-corrected chi connectivity index (χ2v) is 2.24. The minimum absolute atomic E-state index is 0.271. The zero-order valence-electron chi connectivity index (χ0n) is 6.85. The van der Waals surface area contributed by atoms with Gasteiger partial charge in [0, 0.05) is 13.1 Å². The maximum Gasteiger partial charge on any atom is 0.363 e. The van der Waals surface area contributed by atoms with Crippen LogP contribution in [0.4, 0.5) is 5.82 Å². The number of nitrogens with one attached hydrogen (secondary N) is 1. The third-order valence-electron chi connectivity index (χ3n) is 1.42. The van der Waals surface area contributed by atoms with Gasteiger partial charge >= 0.3 is 5.82 Å². The molecule has 68 valence electrons. The molecule has 0 bridgehead atoms. The lowest BCUT2D eigenvalue weighted by atomic mass is 10.3. The molecule has 0 aliphatic heterocycles. The fourth-order valence-electron chi connectivity index (χ4n) is 0.773. The zero-order chi connectivity index (χ0) is 9.84. The second kappa shape index (κ2) is 3.61. The van der Waals surface area contributed by atoms with E-state index in [2.05, 4.69) is 10.3 Å². The monoisotopic (exact) mass is 181 g/mol. The average molecular weight is 181 g/mol. The SMILES string of the molecule is CNC(=O)c1ccc([N+](=O)[O-])nc1. The summed E-state index contributed by atoms with van der Waals surface area (Å²) in [6.45, 7) is 0. The van der Waals surface area contributed by atoms with E-state index in [0.717, 1.165) is 6.20 Å². The average Bonchev–Trinajstić information content (AvgIpc) is 2.17. The number of aromatic nitrogens is 1. The fourth-order valence-corrected chi connectivity index (χ4v) is 0.773. The molecule has 0 aliphatic carbocycles. The highest BCUT2D eigenvalue weighted by Gasteiger charge is 2.09. The van der Waals surface area contributed by atoms with E-state index < -0.39 is 4.92 Å². The van der Waals surface area contributed by atoms with Crippen molar-refractivity contribution in [2.24, 2.45) is 0 Å². The van der Waals surface area contributed by atoms with Crippen LogP contribution in [0.25, 0.3) is 0 Å². The van der Waals surface area contributed by atoms with Crippen LogP contribution in [0.2, 0.25) is 0 Å². The highest BCUT2D eigenvalue weighted by atomic mass is 16.6. The summed E-state index contributed by atoms with van der Waals surface area (Å²) >= 11 is 0. The van der Waals surface area contributed by atoms with Gasteiger partial charge in [0.15, 0.2) is 6.20 Å². The fraction of sp³-hybridized carbons (Fsp3) is 0.143. The molecule has 1 aromatic heterocycles. The van der Waals surface area contributed by atoms with Gasteiger partial charge in [0.25, 0.3) is 5.91 Å². The van der Waals surface area contributed by atoms with Crippen LogP contribution in [0.3, 0.4) is 0 Å². The van der Waals surface area contributed by atoms with Crippen LogP contribution >= 0.6 is 0 Å². The number of hydrogen-bond donors (Lipinski definition) is 1. The normalized spacial score (nSPS) is 9.31. The van der Waals surface area contributed by atoms with Crippen LogP contribution in [0.5, 0.6) is 0 Å². The topological polar surface area (TPSA) is 85.1 Å². The molecule has 6 nitrogen and oxygen atoms in total. The van der Waals surface area contributed by atoms with Crippen molar-refractivity contribution < 1.29 is 9.72 Å². The molecule has 1 amide bonds. The summed E-state index contributed by atoms with van der Waals surface area (Å²) in [5, 5.41) is 12.6. The lowest BCUT2D eigenvalue weighted by molar-refractivity contribution is -0.389. The summed E-state index contributed by atoms with van der Waals surface area (Å²) in [6.07, 6.45) is 1.16. The first kappa shape index (κ1) is 9.11. The molecule has 0 radical (unpaired) electrons. The van der Waals surface area contributed by atoms with Crippen LogP contribution in [-0.2, 0) is 0 Å². The first-order chi connectivity index (χ1) is 6.15.